The van der Waals surface area contributed by atoms with Gasteiger partial charge in [-0.2, -0.15) is 4.39 Å². The second kappa shape index (κ2) is 12.3. The van der Waals surface area contributed by atoms with Crippen molar-refractivity contribution in [3.63, 3.8) is 0 Å². The van der Waals surface area contributed by atoms with E-state index in [4.69, 9.17) is 9.47 Å². The summed E-state index contributed by atoms with van der Waals surface area (Å²) in [6.45, 7) is 4.44. The summed E-state index contributed by atoms with van der Waals surface area (Å²) in [6, 6.07) is 14.6. The first kappa shape index (κ1) is 24.7. The zero-order valence-corrected chi connectivity index (χ0v) is 19.3. The molecule has 0 aliphatic rings. The molecule has 0 heterocycles. The number of aryl methyl sites for hydroxylation is 1. The number of halogens is 3. The largest absolute Gasteiger partial charge is 0.490 e. The van der Waals surface area contributed by atoms with Crippen LogP contribution in [0, 0.1) is 24.4 Å². The fourth-order valence-corrected chi connectivity index (χ4v) is 3.59. The van der Waals surface area contributed by atoms with Gasteiger partial charge in [-0.05, 0) is 54.8 Å². The van der Waals surface area contributed by atoms with E-state index < -0.39 is 11.6 Å². The standard InChI is InChI=1S/C28H31F3O2/c1-3-4-5-6-7-8-17-32-26-16-15-24(27(30)28(26)31)21-11-13-23(14-12-21)33-19-22-10-9-20(2)18-25(22)29/h9-16,18H,3-8,17,19H2,1-2H3. The molecule has 33 heavy (non-hydrogen) atoms. The number of hydrogen-bond acceptors (Lipinski definition) is 2. The molecule has 0 amide bonds. The highest BCUT2D eigenvalue weighted by atomic mass is 19.2. The van der Waals surface area contributed by atoms with Gasteiger partial charge in [-0.1, -0.05) is 63.3 Å². The molecule has 0 atom stereocenters. The minimum Gasteiger partial charge on any atom is -0.490 e. The minimum atomic E-state index is -0.978. The van der Waals surface area contributed by atoms with Crippen molar-refractivity contribution in [3.8, 4) is 22.6 Å². The number of ether oxygens (including phenoxy) is 2. The first-order chi connectivity index (χ1) is 16.0. The van der Waals surface area contributed by atoms with E-state index in [-0.39, 0.29) is 23.7 Å². The van der Waals surface area contributed by atoms with Gasteiger partial charge >= 0.3 is 0 Å². The quantitative estimate of drug-likeness (QED) is 0.255. The van der Waals surface area contributed by atoms with Gasteiger partial charge in [0.1, 0.15) is 18.2 Å². The lowest BCUT2D eigenvalue weighted by Gasteiger charge is -2.12. The lowest BCUT2D eigenvalue weighted by atomic mass is 10.0. The third kappa shape index (κ3) is 7.01. The molecule has 0 spiro atoms. The predicted molar refractivity (Wildman–Crippen MR) is 126 cm³/mol. The molecule has 0 bridgehead atoms. The van der Waals surface area contributed by atoms with E-state index >= 15 is 0 Å². The van der Waals surface area contributed by atoms with Crippen LogP contribution in [0.4, 0.5) is 13.2 Å². The van der Waals surface area contributed by atoms with Crippen LogP contribution in [0.2, 0.25) is 0 Å². The Bertz CT molecular complexity index is 1030. The monoisotopic (exact) mass is 456 g/mol. The molecule has 176 valence electrons. The summed E-state index contributed by atoms with van der Waals surface area (Å²) >= 11 is 0. The van der Waals surface area contributed by atoms with E-state index in [0.29, 0.717) is 23.5 Å². The van der Waals surface area contributed by atoms with Gasteiger partial charge in [-0.15, -0.1) is 0 Å². The van der Waals surface area contributed by atoms with Gasteiger partial charge in [-0.3, -0.25) is 0 Å². The smallest absolute Gasteiger partial charge is 0.201 e. The summed E-state index contributed by atoms with van der Waals surface area (Å²) in [6.07, 6.45) is 6.58. The molecule has 0 aliphatic carbocycles. The molecule has 0 fully saturated rings. The van der Waals surface area contributed by atoms with E-state index in [9.17, 15) is 13.2 Å². The minimum absolute atomic E-state index is 0.0649. The Morgan fingerprint density at radius 2 is 1.45 bits per heavy atom. The second-order valence-corrected chi connectivity index (χ2v) is 8.26. The zero-order valence-electron chi connectivity index (χ0n) is 19.3. The normalized spacial score (nSPS) is 10.9. The molecule has 0 N–H and O–H groups in total. The molecule has 0 saturated carbocycles. The highest BCUT2D eigenvalue weighted by Crippen LogP contribution is 2.31. The van der Waals surface area contributed by atoms with Crippen LogP contribution in [0.15, 0.2) is 54.6 Å². The van der Waals surface area contributed by atoms with Crippen molar-refractivity contribution in [1.29, 1.82) is 0 Å². The van der Waals surface area contributed by atoms with E-state index in [1.54, 1.807) is 30.3 Å². The fraction of sp³-hybridized carbons (Fsp3) is 0.357. The van der Waals surface area contributed by atoms with Crippen molar-refractivity contribution in [3.05, 3.63) is 83.2 Å². The van der Waals surface area contributed by atoms with Crippen LogP contribution in [0.3, 0.4) is 0 Å². The third-order valence-corrected chi connectivity index (χ3v) is 5.57. The molecule has 5 heteroatoms. The maximum Gasteiger partial charge on any atom is 0.201 e. The molecule has 3 aromatic carbocycles. The molecule has 0 saturated heterocycles. The molecule has 3 aromatic rings. The van der Waals surface area contributed by atoms with Crippen molar-refractivity contribution < 1.29 is 22.6 Å². The SMILES string of the molecule is CCCCCCCCOc1ccc(-c2ccc(OCc3ccc(C)cc3F)cc2)c(F)c1F. The molecule has 3 rings (SSSR count). The average Bonchev–Trinajstić information content (AvgIpc) is 2.81. The Morgan fingerprint density at radius 3 is 2.18 bits per heavy atom. The fourth-order valence-electron chi connectivity index (χ4n) is 3.59. The summed E-state index contributed by atoms with van der Waals surface area (Å²) in [5.74, 6) is -1.79. The maximum absolute atomic E-state index is 14.7. The number of rotatable bonds is 12. The third-order valence-electron chi connectivity index (χ3n) is 5.57. The summed E-state index contributed by atoms with van der Waals surface area (Å²) < 4.78 is 54.2. The molecule has 0 radical (unpaired) electrons. The summed E-state index contributed by atoms with van der Waals surface area (Å²) in [4.78, 5) is 0. The Hall–Kier alpha value is -2.95. The molecular weight excluding hydrogens is 425 g/mol. The number of unbranched alkanes of at least 4 members (excludes halogenated alkanes) is 5. The topological polar surface area (TPSA) is 18.5 Å². The van der Waals surface area contributed by atoms with Crippen LogP contribution in [0.1, 0.15) is 56.6 Å². The highest BCUT2D eigenvalue weighted by Gasteiger charge is 2.16. The van der Waals surface area contributed by atoms with Crippen LogP contribution in [0.25, 0.3) is 11.1 Å². The van der Waals surface area contributed by atoms with Crippen molar-refractivity contribution >= 4 is 0 Å². The van der Waals surface area contributed by atoms with Gasteiger partial charge in [-0.25, -0.2) is 8.78 Å². The van der Waals surface area contributed by atoms with Crippen molar-refractivity contribution in [2.75, 3.05) is 6.61 Å². The summed E-state index contributed by atoms with van der Waals surface area (Å²) in [5, 5.41) is 0. The lowest BCUT2D eigenvalue weighted by Crippen LogP contribution is -2.02. The number of benzene rings is 3. The molecule has 2 nitrogen and oxygen atoms in total. The van der Waals surface area contributed by atoms with E-state index in [1.807, 2.05) is 13.0 Å². The van der Waals surface area contributed by atoms with Gasteiger partial charge in [0.15, 0.2) is 11.6 Å². The molecule has 0 aromatic heterocycles. The Labute approximate surface area is 194 Å². The first-order valence-electron chi connectivity index (χ1n) is 11.6. The summed E-state index contributed by atoms with van der Waals surface area (Å²) in [7, 11) is 0. The molecule has 0 aliphatic heterocycles. The first-order valence-corrected chi connectivity index (χ1v) is 11.6. The Balaban J connectivity index is 1.57. The lowest BCUT2D eigenvalue weighted by molar-refractivity contribution is 0.285. The van der Waals surface area contributed by atoms with Gasteiger partial charge in [0.05, 0.1) is 6.61 Å². The van der Waals surface area contributed by atoms with E-state index in [0.717, 1.165) is 24.8 Å². The van der Waals surface area contributed by atoms with E-state index in [2.05, 4.69) is 6.92 Å². The van der Waals surface area contributed by atoms with E-state index in [1.165, 1.54) is 37.5 Å². The molecular formula is C28H31F3O2. The Kier molecular flexibility index (Phi) is 9.23. The van der Waals surface area contributed by atoms with Crippen LogP contribution >= 0.6 is 0 Å². The van der Waals surface area contributed by atoms with Crippen LogP contribution in [-0.2, 0) is 6.61 Å². The number of hydrogen-bond donors (Lipinski definition) is 0. The van der Waals surface area contributed by atoms with Gasteiger partial charge in [0.25, 0.3) is 0 Å². The van der Waals surface area contributed by atoms with Crippen molar-refractivity contribution in [2.24, 2.45) is 0 Å². The van der Waals surface area contributed by atoms with Gasteiger partial charge in [0, 0.05) is 11.1 Å². The highest BCUT2D eigenvalue weighted by molar-refractivity contribution is 5.66. The Morgan fingerprint density at radius 1 is 0.727 bits per heavy atom. The average molecular weight is 457 g/mol. The van der Waals surface area contributed by atoms with Gasteiger partial charge < -0.3 is 9.47 Å². The maximum atomic E-state index is 14.7. The second-order valence-electron chi connectivity index (χ2n) is 8.26. The van der Waals surface area contributed by atoms with Gasteiger partial charge in [0.2, 0.25) is 5.82 Å². The predicted octanol–water partition coefficient (Wildman–Crippen LogP) is 8.40. The zero-order chi connectivity index (χ0) is 23.6. The summed E-state index contributed by atoms with van der Waals surface area (Å²) in [5.41, 5.74) is 1.96. The van der Waals surface area contributed by atoms with Crippen LogP contribution in [-0.4, -0.2) is 6.61 Å². The molecule has 0 unspecified atom stereocenters. The van der Waals surface area contributed by atoms with Crippen LogP contribution < -0.4 is 9.47 Å². The van der Waals surface area contributed by atoms with Crippen LogP contribution in [0.5, 0.6) is 11.5 Å². The van der Waals surface area contributed by atoms with Crippen molar-refractivity contribution in [2.45, 2.75) is 59.0 Å². The van der Waals surface area contributed by atoms with Crippen molar-refractivity contribution in [1.82, 2.24) is 0 Å².